The summed E-state index contributed by atoms with van der Waals surface area (Å²) in [7, 11) is -3.67. The van der Waals surface area contributed by atoms with Crippen molar-refractivity contribution in [2.45, 2.75) is 24.7 Å². The minimum atomic E-state index is -3.67. The lowest BCUT2D eigenvalue weighted by Gasteiger charge is -2.06. The molecule has 0 fully saturated rings. The number of hydrogen-bond donors (Lipinski definition) is 0. The molecular weight excluding hydrogens is 340 g/mol. The molecule has 0 saturated heterocycles. The fraction of sp³-hybridized carbons (Fsp3) is 0.333. The summed E-state index contributed by atoms with van der Waals surface area (Å²) in [5.74, 6) is 0. The van der Waals surface area contributed by atoms with Gasteiger partial charge in [-0.2, -0.15) is 8.42 Å². The van der Waals surface area contributed by atoms with E-state index >= 15 is 0 Å². The zero-order valence-electron chi connectivity index (χ0n) is 11.5. The van der Waals surface area contributed by atoms with Crippen LogP contribution in [0.2, 0.25) is 0 Å². The van der Waals surface area contributed by atoms with Crippen molar-refractivity contribution in [3.8, 4) is 0 Å². The predicted molar refractivity (Wildman–Crippen MR) is 85.6 cm³/mol. The van der Waals surface area contributed by atoms with Crippen LogP contribution in [0, 0.1) is 6.92 Å². The Balaban J connectivity index is 2.48. The highest BCUT2D eigenvalue weighted by molar-refractivity contribution is 9.09. The molecule has 0 atom stereocenters. The molecule has 0 unspecified atom stereocenters. The number of allylic oxidation sites excluding steroid dienone is 2. The summed E-state index contributed by atoms with van der Waals surface area (Å²) >= 11 is 3.32. The lowest BCUT2D eigenvalue weighted by molar-refractivity contribution is 0.323. The SMILES string of the molecule is C=C(/C=C/CCBr)CCOS(=O)(=O)c1ccc(C)cc1. The van der Waals surface area contributed by atoms with E-state index in [1.807, 2.05) is 19.1 Å². The van der Waals surface area contributed by atoms with Gasteiger partial charge in [0.1, 0.15) is 0 Å². The van der Waals surface area contributed by atoms with Crippen LogP contribution in [0.3, 0.4) is 0 Å². The molecule has 0 saturated carbocycles. The topological polar surface area (TPSA) is 43.4 Å². The van der Waals surface area contributed by atoms with Crippen molar-refractivity contribution in [2.24, 2.45) is 0 Å². The average Bonchev–Trinajstić information content (AvgIpc) is 2.39. The Bertz CT molecular complexity index is 559. The molecule has 0 aromatic heterocycles. The third-order valence-electron chi connectivity index (χ3n) is 2.60. The van der Waals surface area contributed by atoms with Crippen molar-refractivity contribution in [3.63, 3.8) is 0 Å². The quantitative estimate of drug-likeness (QED) is 0.401. The molecule has 0 aliphatic heterocycles. The highest BCUT2D eigenvalue weighted by atomic mass is 79.9. The van der Waals surface area contributed by atoms with Gasteiger partial charge in [-0.1, -0.05) is 57.9 Å². The Labute approximate surface area is 129 Å². The lowest BCUT2D eigenvalue weighted by Crippen LogP contribution is -2.07. The highest BCUT2D eigenvalue weighted by Crippen LogP contribution is 2.14. The molecule has 0 radical (unpaired) electrons. The van der Waals surface area contributed by atoms with Crippen LogP contribution in [0.4, 0.5) is 0 Å². The molecule has 1 rings (SSSR count). The first-order valence-electron chi connectivity index (χ1n) is 6.32. The monoisotopic (exact) mass is 358 g/mol. The van der Waals surface area contributed by atoms with E-state index < -0.39 is 10.1 Å². The molecule has 0 amide bonds. The molecule has 0 bridgehead atoms. The van der Waals surface area contributed by atoms with Gasteiger partial charge < -0.3 is 0 Å². The Morgan fingerprint density at radius 1 is 1.35 bits per heavy atom. The Kier molecular flexibility index (Phi) is 7.19. The van der Waals surface area contributed by atoms with Crippen molar-refractivity contribution in [1.82, 2.24) is 0 Å². The second-order valence-corrected chi connectivity index (χ2v) is 6.79. The van der Waals surface area contributed by atoms with Gasteiger partial charge in [0.15, 0.2) is 0 Å². The van der Waals surface area contributed by atoms with Crippen LogP contribution in [-0.4, -0.2) is 20.4 Å². The van der Waals surface area contributed by atoms with Gasteiger partial charge >= 0.3 is 0 Å². The Hall–Kier alpha value is -0.910. The molecule has 110 valence electrons. The van der Waals surface area contributed by atoms with Gasteiger partial charge in [-0.3, -0.25) is 4.18 Å². The third kappa shape index (κ3) is 6.03. The highest BCUT2D eigenvalue weighted by Gasteiger charge is 2.14. The predicted octanol–water partition coefficient (Wildman–Crippen LogP) is 3.99. The molecule has 1 aromatic carbocycles. The summed E-state index contributed by atoms with van der Waals surface area (Å²) in [4.78, 5) is 0.184. The van der Waals surface area contributed by atoms with Crippen molar-refractivity contribution >= 4 is 26.0 Å². The zero-order valence-corrected chi connectivity index (χ0v) is 13.9. The summed E-state index contributed by atoms with van der Waals surface area (Å²) < 4.78 is 28.8. The van der Waals surface area contributed by atoms with Crippen LogP contribution in [0.15, 0.2) is 53.5 Å². The standard InChI is InChI=1S/C15H19BrO3S/c1-13(5-3-4-11-16)10-12-19-20(17,18)15-8-6-14(2)7-9-15/h3,5-9H,1,4,10-12H2,2H3/b5-3+. The average molecular weight is 359 g/mol. The first-order valence-corrected chi connectivity index (χ1v) is 8.85. The summed E-state index contributed by atoms with van der Waals surface area (Å²) in [6, 6.07) is 6.60. The maximum Gasteiger partial charge on any atom is 0.296 e. The minimum absolute atomic E-state index is 0.105. The van der Waals surface area contributed by atoms with Crippen LogP contribution < -0.4 is 0 Å². The molecule has 3 nitrogen and oxygen atoms in total. The number of halogens is 1. The largest absolute Gasteiger partial charge is 0.296 e. The Morgan fingerprint density at radius 2 is 2.00 bits per heavy atom. The van der Waals surface area contributed by atoms with Crippen LogP contribution in [0.5, 0.6) is 0 Å². The van der Waals surface area contributed by atoms with Gasteiger partial charge in [0, 0.05) is 5.33 Å². The fourth-order valence-corrected chi connectivity index (χ4v) is 2.62. The molecule has 5 heteroatoms. The molecule has 0 aliphatic carbocycles. The van der Waals surface area contributed by atoms with E-state index in [1.165, 1.54) is 0 Å². The molecule has 0 aliphatic rings. The molecule has 0 N–H and O–H groups in total. The molecule has 1 aromatic rings. The van der Waals surface area contributed by atoms with E-state index in [0.29, 0.717) is 6.42 Å². The molecule has 20 heavy (non-hydrogen) atoms. The summed E-state index contributed by atoms with van der Waals surface area (Å²) in [6.07, 6.45) is 5.29. The van der Waals surface area contributed by atoms with Gasteiger partial charge in [-0.05, 0) is 31.9 Å². The number of benzene rings is 1. The van der Waals surface area contributed by atoms with Crippen LogP contribution in [0.25, 0.3) is 0 Å². The zero-order chi connectivity index (χ0) is 15.0. The normalized spacial score (nSPS) is 11.9. The first-order chi connectivity index (χ1) is 9.45. The van der Waals surface area contributed by atoms with Crippen LogP contribution in [0.1, 0.15) is 18.4 Å². The lowest BCUT2D eigenvalue weighted by atomic mass is 10.2. The molecule has 0 heterocycles. The molecular formula is C15H19BrO3S. The summed E-state index contributed by atoms with van der Waals surface area (Å²) in [5.41, 5.74) is 1.86. The van der Waals surface area contributed by atoms with Gasteiger partial charge in [0.05, 0.1) is 11.5 Å². The van der Waals surface area contributed by atoms with E-state index in [2.05, 4.69) is 22.5 Å². The van der Waals surface area contributed by atoms with Crippen molar-refractivity contribution < 1.29 is 12.6 Å². The Morgan fingerprint density at radius 3 is 2.60 bits per heavy atom. The number of hydrogen-bond acceptors (Lipinski definition) is 3. The maximum atomic E-state index is 11.9. The smallest absolute Gasteiger partial charge is 0.266 e. The van der Waals surface area contributed by atoms with Crippen molar-refractivity contribution in [2.75, 3.05) is 11.9 Å². The number of alkyl halides is 1. The van der Waals surface area contributed by atoms with Gasteiger partial charge in [0.25, 0.3) is 10.1 Å². The summed E-state index contributed by atoms with van der Waals surface area (Å²) in [5, 5.41) is 0.898. The van der Waals surface area contributed by atoms with Crippen LogP contribution in [-0.2, 0) is 14.3 Å². The van der Waals surface area contributed by atoms with E-state index in [-0.39, 0.29) is 11.5 Å². The summed E-state index contributed by atoms with van der Waals surface area (Å²) in [6.45, 7) is 5.86. The second-order valence-electron chi connectivity index (χ2n) is 4.38. The van der Waals surface area contributed by atoms with Crippen molar-refractivity contribution in [3.05, 3.63) is 54.1 Å². The van der Waals surface area contributed by atoms with Gasteiger partial charge in [-0.15, -0.1) is 0 Å². The van der Waals surface area contributed by atoms with Crippen molar-refractivity contribution in [1.29, 1.82) is 0 Å². The number of rotatable bonds is 8. The first kappa shape index (κ1) is 17.1. The minimum Gasteiger partial charge on any atom is -0.266 e. The van der Waals surface area contributed by atoms with Crippen LogP contribution >= 0.6 is 15.9 Å². The number of aryl methyl sites for hydroxylation is 1. The second kappa shape index (κ2) is 8.39. The maximum absolute atomic E-state index is 11.9. The fourth-order valence-electron chi connectivity index (χ4n) is 1.45. The van der Waals surface area contributed by atoms with E-state index in [4.69, 9.17) is 4.18 Å². The van der Waals surface area contributed by atoms with Gasteiger partial charge in [-0.25, -0.2) is 0 Å². The van der Waals surface area contributed by atoms with Gasteiger partial charge in [0.2, 0.25) is 0 Å². The van der Waals surface area contributed by atoms with E-state index in [1.54, 1.807) is 24.3 Å². The van der Waals surface area contributed by atoms with E-state index in [0.717, 1.165) is 22.9 Å². The van der Waals surface area contributed by atoms with E-state index in [9.17, 15) is 8.42 Å². The molecule has 0 spiro atoms. The third-order valence-corrected chi connectivity index (χ3v) is 4.38.